The van der Waals surface area contributed by atoms with E-state index in [4.69, 9.17) is 0 Å². The van der Waals surface area contributed by atoms with E-state index < -0.39 is 0 Å². The van der Waals surface area contributed by atoms with Gasteiger partial charge in [0.1, 0.15) is 12.1 Å². The van der Waals surface area contributed by atoms with E-state index in [1.807, 2.05) is 29.2 Å². The molecule has 0 bridgehead atoms. The summed E-state index contributed by atoms with van der Waals surface area (Å²) in [6.45, 7) is 3.52. The predicted molar refractivity (Wildman–Crippen MR) is 108 cm³/mol. The lowest BCUT2D eigenvalue weighted by Crippen LogP contribution is -2.42. The van der Waals surface area contributed by atoms with Crippen LogP contribution in [0.3, 0.4) is 0 Å². The van der Waals surface area contributed by atoms with Gasteiger partial charge in [-0.05, 0) is 29.9 Å². The fourth-order valence-electron chi connectivity index (χ4n) is 4.46. The maximum atomic E-state index is 12.6. The van der Waals surface area contributed by atoms with E-state index >= 15 is 0 Å². The van der Waals surface area contributed by atoms with Gasteiger partial charge in [-0.1, -0.05) is 30.3 Å². The third-order valence-corrected chi connectivity index (χ3v) is 6.87. The van der Waals surface area contributed by atoms with Crippen molar-refractivity contribution in [3.8, 4) is 0 Å². The van der Waals surface area contributed by atoms with Gasteiger partial charge in [-0.15, -0.1) is 11.3 Å². The second-order valence-electron chi connectivity index (χ2n) is 7.73. The van der Waals surface area contributed by atoms with E-state index in [0.29, 0.717) is 12.3 Å². The van der Waals surface area contributed by atoms with E-state index in [9.17, 15) is 4.79 Å². The van der Waals surface area contributed by atoms with E-state index in [1.165, 1.54) is 10.3 Å². The van der Waals surface area contributed by atoms with Gasteiger partial charge < -0.3 is 9.80 Å². The highest BCUT2D eigenvalue weighted by Gasteiger charge is 2.45. The van der Waals surface area contributed by atoms with Crippen LogP contribution in [0.2, 0.25) is 0 Å². The van der Waals surface area contributed by atoms with Crippen molar-refractivity contribution < 1.29 is 4.79 Å². The average molecular weight is 379 g/mol. The summed E-state index contributed by atoms with van der Waals surface area (Å²) in [6.07, 6.45) is 4.43. The van der Waals surface area contributed by atoms with Gasteiger partial charge in [0, 0.05) is 38.0 Å². The van der Waals surface area contributed by atoms with Gasteiger partial charge in [0.15, 0.2) is 0 Å². The lowest BCUT2D eigenvalue weighted by atomic mass is 9.77. The number of anilines is 1. The van der Waals surface area contributed by atoms with Gasteiger partial charge in [0.05, 0.1) is 10.2 Å². The van der Waals surface area contributed by atoms with E-state index in [-0.39, 0.29) is 5.41 Å². The fourth-order valence-corrected chi connectivity index (χ4v) is 5.32. The Morgan fingerprint density at radius 3 is 2.70 bits per heavy atom. The number of thiophene rings is 1. The normalized spacial score (nSPS) is 19.3. The maximum absolute atomic E-state index is 12.6. The van der Waals surface area contributed by atoms with Crippen LogP contribution in [0.15, 0.2) is 48.1 Å². The monoisotopic (exact) mass is 378 g/mol. The highest BCUT2D eigenvalue weighted by molar-refractivity contribution is 7.17. The Labute approximate surface area is 162 Å². The van der Waals surface area contributed by atoms with Crippen LogP contribution in [0.4, 0.5) is 5.82 Å². The zero-order chi connectivity index (χ0) is 18.3. The molecule has 5 nitrogen and oxygen atoms in total. The predicted octanol–water partition coefficient (Wildman–Crippen LogP) is 3.71. The number of piperidine rings is 1. The molecular formula is C21H22N4OS. The van der Waals surface area contributed by atoms with Gasteiger partial charge in [0.2, 0.25) is 5.91 Å². The topological polar surface area (TPSA) is 49.3 Å². The first-order valence-corrected chi connectivity index (χ1v) is 10.4. The van der Waals surface area contributed by atoms with E-state index in [1.54, 1.807) is 17.7 Å². The third kappa shape index (κ3) is 3.08. The molecule has 1 amide bonds. The summed E-state index contributed by atoms with van der Waals surface area (Å²) in [4.78, 5) is 26.0. The molecule has 3 aromatic rings. The summed E-state index contributed by atoms with van der Waals surface area (Å²) in [5, 5.41) is 2.07. The largest absolute Gasteiger partial charge is 0.355 e. The number of amides is 1. The number of hydrogen-bond donors (Lipinski definition) is 0. The zero-order valence-corrected chi connectivity index (χ0v) is 16.0. The van der Waals surface area contributed by atoms with E-state index in [0.717, 1.165) is 50.4 Å². The molecule has 2 fully saturated rings. The Kier molecular flexibility index (Phi) is 4.08. The van der Waals surface area contributed by atoms with Crippen LogP contribution in [-0.2, 0) is 11.3 Å². The summed E-state index contributed by atoms with van der Waals surface area (Å²) >= 11 is 1.70. The van der Waals surface area contributed by atoms with Gasteiger partial charge in [-0.25, -0.2) is 9.97 Å². The van der Waals surface area contributed by atoms with Gasteiger partial charge in [0.25, 0.3) is 0 Å². The van der Waals surface area contributed by atoms with Crippen LogP contribution in [0.5, 0.6) is 0 Å². The molecule has 0 radical (unpaired) electrons. The lowest BCUT2D eigenvalue weighted by molar-refractivity contribution is -0.128. The standard InChI is InChI=1S/C21H22N4OS/c26-18-12-21(14-25(18)13-16-4-2-1-3-5-16)7-9-24(10-8-21)20-19-17(6-11-27-19)22-15-23-20/h1-6,11,15H,7-10,12-14H2. The summed E-state index contributed by atoms with van der Waals surface area (Å²) in [7, 11) is 0. The Hall–Kier alpha value is -2.47. The van der Waals surface area contributed by atoms with E-state index in [2.05, 4.69) is 32.4 Å². The Balaban J connectivity index is 1.29. The molecule has 2 aliphatic rings. The molecule has 0 atom stereocenters. The molecule has 0 saturated carbocycles. The van der Waals surface area contributed by atoms with Crippen LogP contribution >= 0.6 is 11.3 Å². The second-order valence-corrected chi connectivity index (χ2v) is 8.65. The number of benzene rings is 1. The molecule has 2 saturated heterocycles. The minimum atomic E-state index is 0.129. The molecule has 2 aromatic heterocycles. The zero-order valence-electron chi connectivity index (χ0n) is 15.2. The number of carbonyl (C=O) groups is 1. The molecule has 138 valence electrons. The number of likely N-dealkylation sites (tertiary alicyclic amines) is 1. The molecule has 27 heavy (non-hydrogen) atoms. The average Bonchev–Trinajstić information content (AvgIpc) is 3.28. The summed E-state index contributed by atoms with van der Waals surface area (Å²) in [6, 6.07) is 12.3. The van der Waals surface area contributed by atoms with Crippen LogP contribution in [0, 0.1) is 5.41 Å². The summed E-state index contributed by atoms with van der Waals surface area (Å²) < 4.78 is 1.17. The van der Waals surface area contributed by atoms with Crippen molar-refractivity contribution in [3.63, 3.8) is 0 Å². The van der Waals surface area contributed by atoms with Gasteiger partial charge in [-0.3, -0.25) is 4.79 Å². The second kappa shape index (κ2) is 6.60. The van der Waals surface area contributed by atoms with Crippen molar-refractivity contribution in [2.45, 2.75) is 25.8 Å². The van der Waals surface area contributed by atoms with Crippen LogP contribution in [0.25, 0.3) is 10.2 Å². The van der Waals surface area contributed by atoms with Crippen molar-refractivity contribution in [3.05, 3.63) is 53.7 Å². The highest BCUT2D eigenvalue weighted by atomic mass is 32.1. The Morgan fingerprint density at radius 2 is 1.89 bits per heavy atom. The smallest absolute Gasteiger partial charge is 0.223 e. The number of fused-ring (bicyclic) bond motifs is 1. The first-order valence-electron chi connectivity index (χ1n) is 9.47. The number of rotatable bonds is 3. The van der Waals surface area contributed by atoms with Crippen molar-refractivity contribution >= 4 is 33.3 Å². The highest BCUT2D eigenvalue weighted by Crippen LogP contribution is 2.43. The molecule has 0 aliphatic carbocycles. The minimum absolute atomic E-state index is 0.129. The Bertz CT molecular complexity index is 962. The maximum Gasteiger partial charge on any atom is 0.223 e. The first-order chi connectivity index (χ1) is 13.2. The summed E-state index contributed by atoms with van der Waals surface area (Å²) in [5.74, 6) is 1.35. The molecule has 1 aromatic carbocycles. The van der Waals surface area contributed by atoms with Gasteiger partial charge in [-0.2, -0.15) is 0 Å². The number of hydrogen-bond acceptors (Lipinski definition) is 5. The van der Waals surface area contributed by atoms with Crippen LogP contribution < -0.4 is 4.90 Å². The van der Waals surface area contributed by atoms with Crippen LogP contribution in [-0.4, -0.2) is 40.4 Å². The number of carbonyl (C=O) groups excluding carboxylic acids is 1. The molecular weight excluding hydrogens is 356 g/mol. The SMILES string of the molecule is O=C1CC2(CCN(c3ncnc4ccsc34)CC2)CN1Cc1ccccc1. The van der Waals surface area contributed by atoms with Gasteiger partial charge >= 0.3 is 0 Å². The molecule has 6 heteroatoms. The van der Waals surface area contributed by atoms with Crippen molar-refractivity contribution in [1.29, 1.82) is 0 Å². The quantitative estimate of drug-likeness (QED) is 0.697. The van der Waals surface area contributed by atoms with Crippen molar-refractivity contribution in [2.24, 2.45) is 5.41 Å². The summed E-state index contributed by atoms with van der Waals surface area (Å²) in [5.41, 5.74) is 2.36. The number of aromatic nitrogens is 2. The van der Waals surface area contributed by atoms with Crippen molar-refractivity contribution in [1.82, 2.24) is 14.9 Å². The molecule has 0 unspecified atom stereocenters. The van der Waals surface area contributed by atoms with Crippen LogP contribution in [0.1, 0.15) is 24.8 Å². The molecule has 2 aliphatic heterocycles. The molecule has 4 heterocycles. The first kappa shape index (κ1) is 16.7. The lowest BCUT2D eigenvalue weighted by Gasteiger charge is -2.39. The molecule has 0 N–H and O–H groups in total. The molecule has 1 spiro atoms. The minimum Gasteiger partial charge on any atom is -0.355 e. The fraction of sp³-hybridized carbons (Fsp3) is 0.381. The Morgan fingerprint density at radius 1 is 1.07 bits per heavy atom. The van der Waals surface area contributed by atoms with Crippen molar-refractivity contribution in [2.75, 3.05) is 24.5 Å². The third-order valence-electron chi connectivity index (χ3n) is 5.97. The molecule has 5 rings (SSSR count). The number of nitrogens with zero attached hydrogens (tertiary/aromatic N) is 4.